The van der Waals surface area contributed by atoms with Crippen molar-refractivity contribution >= 4 is 23.4 Å². The van der Waals surface area contributed by atoms with Crippen LogP contribution in [0.4, 0.5) is 0 Å². The van der Waals surface area contributed by atoms with Crippen LogP contribution in [0.15, 0.2) is 24.3 Å². The van der Waals surface area contributed by atoms with Crippen LogP contribution in [0, 0.1) is 0 Å². The molecule has 1 aromatic rings. The largest absolute Gasteiger partial charge is 0.508 e. The molecule has 6 heteroatoms. The van der Waals surface area contributed by atoms with E-state index in [0.717, 1.165) is 0 Å². The molecule has 0 saturated carbocycles. The number of rotatable bonds is 3. The molecule has 1 aliphatic rings. The first-order valence-corrected chi connectivity index (χ1v) is 7.07. The second-order valence-corrected chi connectivity index (χ2v) is 5.08. The number of hydrogen-bond acceptors (Lipinski definition) is 3. The predicted octanol–water partition coefficient (Wildman–Crippen LogP) is 1.35. The molecule has 1 saturated heterocycles. The minimum atomic E-state index is -0.206. The number of phenolic OH excluding ortho intramolecular Hbond substituents is 1. The Labute approximate surface area is 122 Å². The number of carbonyl (C=O) groups is 2. The Bertz CT molecular complexity index is 499. The van der Waals surface area contributed by atoms with E-state index in [-0.39, 0.29) is 29.5 Å². The number of piperidine rings is 1. The number of likely N-dealkylation sites (tertiary alicyclic amines) is 1. The second kappa shape index (κ2) is 6.61. The fraction of sp³-hybridized carbons (Fsp3) is 0.429. The Morgan fingerprint density at radius 1 is 1.35 bits per heavy atom. The highest BCUT2D eigenvalue weighted by Crippen LogP contribution is 2.14. The van der Waals surface area contributed by atoms with Gasteiger partial charge in [-0.25, -0.2) is 0 Å². The summed E-state index contributed by atoms with van der Waals surface area (Å²) in [7, 11) is 0. The molecular weight excluding hydrogens is 280 g/mol. The van der Waals surface area contributed by atoms with Gasteiger partial charge < -0.3 is 15.3 Å². The molecule has 1 aromatic carbocycles. The fourth-order valence-electron chi connectivity index (χ4n) is 2.27. The third-order valence-corrected chi connectivity index (χ3v) is 3.63. The summed E-state index contributed by atoms with van der Waals surface area (Å²) >= 11 is 5.52. The number of benzene rings is 1. The lowest BCUT2D eigenvalue weighted by atomic mass is 10.0. The SMILES string of the molecule is O=C(NC1CCN(C(=O)CCl)CC1)c1cccc(O)c1. The fourth-order valence-corrected chi connectivity index (χ4v) is 2.44. The van der Waals surface area contributed by atoms with Crippen molar-refractivity contribution in [1.82, 2.24) is 10.2 Å². The van der Waals surface area contributed by atoms with Gasteiger partial charge in [-0.2, -0.15) is 0 Å². The zero-order valence-electron chi connectivity index (χ0n) is 11.0. The van der Waals surface area contributed by atoms with Gasteiger partial charge in [0.1, 0.15) is 11.6 Å². The lowest BCUT2D eigenvalue weighted by molar-refractivity contribution is -0.129. The maximum Gasteiger partial charge on any atom is 0.251 e. The molecule has 2 N–H and O–H groups in total. The number of carbonyl (C=O) groups excluding carboxylic acids is 2. The van der Waals surface area contributed by atoms with E-state index in [9.17, 15) is 14.7 Å². The third kappa shape index (κ3) is 3.63. The first-order chi connectivity index (χ1) is 9.60. The molecule has 0 atom stereocenters. The molecule has 1 heterocycles. The third-order valence-electron chi connectivity index (χ3n) is 3.41. The molecular formula is C14H17ClN2O3. The summed E-state index contributed by atoms with van der Waals surface area (Å²) < 4.78 is 0. The van der Waals surface area contributed by atoms with E-state index in [1.165, 1.54) is 12.1 Å². The highest BCUT2D eigenvalue weighted by Gasteiger charge is 2.23. The van der Waals surface area contributed by atoms with Crippen molar-refractivity contribution in [3.63, 3.8) is 0 Å². The minimum Gasteiger partial charge on any atom is -0.508 e. The van der Waals surface area contributed by atoms with Gasteiger partial charge in [-0.3, -0.25) is 9.59 Å². The number of hydrogen-bond donors (Lipinski definition) is 2. The molecule has 0 bridgehead atoms. The summed E-state index contributed by atoms with van der Waals surface area (Å²) in [6, 6.07) is 6.28. The smallest absolute Gasteiger partial charge is 0.251 e. The highest BCUT2D eigenvalue weighted by atomic mass is 35.5. The number of amides is 2. The van der Waals surface area contributed by atoms with Crippen LogP contribution in [0.3, 0.4) is 0 Å². The molecule has 0 spiro atoms. The molecule has 0 radical (unpaired) electrons. The Morgan fingerprint density at radius 2 is 2.05 bits per heavy atom. The van der Waals surface area contributed by atoms with Gasteiger partial charge in [-0.05, 0) is 31.0 Å². The Hall–Kier alpha value is -1.75. The van der Waals surface area contributed by atoms with E-state index >= 15 is 0 Å². The molecule has 0 unspecified atom stereocenters. The Balaban J connectivity index is 1.86. The van der Waals surface area contributed by atoms with Crippen LogP contribution in [0.5, 0.6) is 5.75 Å². The Kier molecular flexibility index (Phi) is 4.84. The number of aromatic hydroxyl groups is 1. The van der Waals surface area contributed by atoms with E-state index in [1.54, 1.807) is 17.0 Å². The standard InChI is InChI=1S/C14H17ClN2O3/c15-9-13(19)17-6-4-11(5-7-17)16-14(20)10-2-1-3-12(18)8-10/h1-3,8,11,18H,4-7,9H2,(H,16,20). The summed E-state index contributed by atoms with van der Waals surface area (Å²) in [4.78, 5) is 25.2. The number of halogens is 1. The van der Waals surface area contributed by atoms with Crippen LogP contribution >= 0.6 is 11.6 Å². The van der Waals surface area contributed by atoms with Crippen LogP contribution in [-0.2, 0) is 4.79 Å². The van der Waals surface area contributed by atoms with Gasteiger partial charge in [0.05, 0.1) is 0 Å². The monoisotopic (exact) mass is 296 g/mol. The maximum atomic E-state index is 12.0. The van der Waals surface area contributed by atoms with Gasteiger partial charge in [0, 0.05) is 24.7 Å². The second-order valence-electron chi connectivity index (χ2n) is 4.81. The molecule has 0 aromatic heterocycles. The molecule has 1 fully saturated rings. The van der Waals surface area contributed by atoms with Crippen LogP contribution in [0.2, 0.25) is 0 Å². The van der Waals surface area contributed by atoms with Gasteiger partial charge in [0.2, 0.25) is 5.91 Å². The zero-order chi connectivity index (χ0) is 14.5. The van der Waals surface area contributed by atoms with Crippen molar-refractivity contribution < 1.29 is 14.7 Å². The molecule has 20 heavy (non-hydrogen) atoms. The van der Waals surface area contributed by atoms with Gasteiger partial charge in [0.15, 0.2) is 0 Å². The van der Waals surface area contributed by atoms with E-state index in [4.69, 9.17) is 11.6 Å². The van der Waals surface area contributed by atoms with Crippen molar-refractivity contribution in [3.05, 3.63) is 29.8 Å². The highest BCUT2D eigenvalue weighted by molar-refractivity contribution is 6.27. The molecule has 2 amide bonds. The predicted molar refractivity (Wildman–Crippen MR) is 75.9 cm³/mol. The summed E-state index contributed by atoms with van der Waals surface area (Å²) in [5.74, 6) is -0.201. The minimum absolute atomic E-state index is 0.000315. The molecule has 5 nitrogen and oxygen atoms in total. The lowest BCUT2D eigenvalue weighted by Gasteiger charge is -2.32. The van der Waals surface area contributed by atoms with Crippen molar-refractivity contribution in [3.8, 4) is 5.75 Å². The van der Waals surface area contributed by atoms with Crippen LogP contribution in [0.1, 0.15) is 23.2 Å². The van der Waals surface area contributed by atoms with Gasteiger partial charge in [0.25, 0.3) is 5.91 Å². The summed E-state index contributed by atoms with van der Waals surface area (Å²) in [5.41, 5.74) is 0.435. The van der Waals surface area contributed by atoms with Crippen molar-refractivity contribution in [2.75, 3.05) is 19.0 Å². The normalized spacial score (nSPS) is 15.9. The molecule has 2 rings (SSSR count). The van der Waals surface area contributed by atoms with Crippen molar-refractivity contribution in [1.29, 1.82) is 0 Å². The average molecular weight is 297 g/mol. The number of nitrogens with zero attached hydrogens (tertiary/aromatic N) is 1. The van der Waals surface area contributed by atoms with E-state index < -0.39 is 0 Å². The topological polar surface area (TPSA) is 69.6 Å². The Morgan fingerprint density at radius 3 is 2.65 bits per heavy atom. The van der Waals surface area contributed by atoms with Crippen LogP contribution < -0.4 is 5.32 Å². The van der Waals surface area contributed by atoms with Gasteiger partial charge in [-0.1, -0.05) is 6.07 Å². The van der Waals surface area contributed by atoms with Gasteiger partial charge >= 0.3 is 0 Å². The lowest BCUT2D eigenvalue weighted by Crippen LogP contribution is -2.46. The van der Waals surface area contributed by atoms with Crippen LogP contribution in [0.25, 0.3) is 0 Å². The number of phenols is 1. The van der Waals surface area contributed by atoms with Crippen molar-refractivity contribution in [2.24, 2.45) is 0 Å². The van der Waals surface area contributed by atoms with E-state index in [0.29, 0.717) is 31.5 Å². The summed E-state index contributed by atoms with van der Waals surface area (Å²) in [6.07, 6.45) is 1.43. The zero-order valence-corrected chi connectivity index (χ0v) is 11.8. The molecule has 108 valence electrons. The number of nitrogens with one attached hydrogen (secondary N) is 1. The number of alkyl halides is 1. The van der Waals surface area contributed by atoms with E-state index in [1.807, 2.05) is 0 Å². The average Bonchev–Trinajstić information content (AvgIpc) is 2.47. The maximum absolute atomic E-state index is 12.0. The quantitative estimate of drug-likeness (QED) is 0.827. The van der Waals surface area contributed by atoms with Crippen molar-refractivity contribution in [2.45, 2.75) is 18.9 Å². The summed E-state index contributed by atoms with van der Waals surface area (Å²) in [6.45, 7) is 1.22. The summed E-state index contributed by atoms with van der Waals surface area (Å²) in [5, 5.41) is 12.3. The van der Waals surface area contributed by atoms with E-state index in [2.05, 4.69) is 5.32 Å². The van der Waals surface area contributed by atoms with Crippen LogP contribution in [-0.4, -0.2) is 46.8 Å². The molecule has 1 aliphatic heterocycles. The van der Waals surface area contributed by atoms with Gasteiger partial charge in [-0.15, -0.1) is 11.6 Å². The first kappa shape index (κ1) is 14.7. The first-order valence-electron chi connectivity index (χ1n) is 6.54. The molecule has 0 aliphatic carbocycles.